The number of nitrogens with zero attached hydrogens (tertiary/aromatic N) is 2. The van der Waals surface area contributed by atoms with Crippen LogP contribution in [0.1, 0.15) is 34.6 Å². The maximum absolute atomic E-state index is 14.4. The SMILES string of the molecule is Cc1cc(C)n(-c2ccc(C(=O)NC(CN)C3CC3)cc2F)n1. The van der Waals surface area contributed by atoms with Crippen LogP contribution in [0.5, 0.6) is 0 Å². The van der Waals surface area contributed by atoms with Crippen LogP contribution in [0.2, 0.25) is 0 Å². The summed E-state index contributed by atoms with van der Waals surface area (Å²) in [4.78, 5) is 12.3. The number of rotatable bonds is 5. The highest BCUT2D eigenvalue weighted by atomic mass is 19.1. The molecule has 5 nitrogen and oxygen atoms in total. The lowest BCUT2D eigenvalue weighted by molar-refractivity contribution is 0.0933. The molecule has 1 aromatic heterocycles. The third kappa shape index (κ3) is 3.27. The summed E-state index contributed by atoms with van der Waals surface area (Å²) in [6.45, 7) is 4.12. The molecule has 23 heavy (non-hydrogen) atoms. The first-order chi connectivity index (χ1) is 11.0. The molecule has 3 rings (SSSR count). The average Bonchev–Trinajstić information content (AvgIpc) is 3.29. The third-order valence-corrected chi connectivity index (χ3v) is 4.21. The van der Waals surface area contributed by atoms with Crippen LogP contribution >= 0.6 is 0 Å². The Hall–Kier alpha value is -2.21. The molecule has 6 heteroatoms. The van der Waals surface area contributed by atoms with Gasteiger partial charge in [0.1, 0.15) is 11.5 Å². The van der Waals surface area contributed by atoms with Crippen molar-refractivity contribution in [3.8, 4) is 5.69 Å². The van der Waals surface area contributed by atoms with Gasteiger partial charge in [0.15, 0.2) is 0 Å². The van der Waals surface area contributed by atoms with E-state index in [0.29, 0.717) is 23.7 Å². The average molecular weight is 316 g/mol. The summed E-state index contributed by atoms with van der Waals surface area (Å²) < 4.78 is 16.0. The molecule has 0 bridgehead atoms. The first-order valence-corrected chi connectivity index (χ1v) is 7.83. The lowest BCUT2D eigenvalue weighted by Crippen LogP contribution is -2.41. The zero-order valence-corrected chi connectivity index (χ0v) is 13.3. The van der Waals surface area contributed by atoms with Gasteiger partial charge in [-0.05, 0) is 56.9 Å². The molecule has 1 unspecified atom stereocenters. The molecule has 1 amide bonds. The van der Waals surface area contributed by atoms with Crippen LogP contribution in [-0.2, 0) is 0 Å². The smallest absolute Gasteiger partial charge is 0.251 e. The quantitative estimate of drug-likeness (QED) is 0.887. The standard InChI is InChI=1S/C17H21FN4O/c1-10-7-11(2)22(21-10)16-6-5-13(8-14(16)18)17(23)20-15(9-19)12-3-4-12/h5-8,12,15H,3-4,9,19H2,1-2H3,(H,20,23). The van der Waals surface area contributed by atoms with Crippen LogP contribution < -0.4 is 11.1 Å². The van der Waals surface area contributed by atoms with Gasteiger partial charge >= 0.3 is 0 Å². The number of aromatic nitrogens is 2. The zero-order valence-electron chi connectivity index (χ0n) is 13.3. The molecular formula is C17H21FN4O. The van der Waals surface area contributed by atoms with Crippen molar-refractivity contribution in [1.29, 1.82) is 0 Å². The molecular weight excluding hydrogens is 295 g/mol. The fourth-order valence-corrected chi connectivity index (χ4v) is 2.81. The highest BCUT2D eigenvalue weighted by Gasteiger charge is 2.31. The minimum atomic E-state index is -0.473. The summed E-state index contributed by atoms with van der Waals surface area (Å²) in [7, 11) is 0. The summed E-state index contributed by atoms with van der Waals surface area (Å²) in [5, 5.41) is 7.16. The van der Waals surface area contributed by atoms with Gasteiger partial charge < -0.3 is 11.1 Å². The Balaban J connectivity index is 1.81. The molecule has 1 aliphatic rings. The molecule has 0 aliphatic heterocycles. The van der Waals surface area contributed by atoms with E-state index in [2.05, 4.69) is 10.4 Å². The fraction of sp³-hybridized carbons (Fsp3) is 0.412. The molecule has 1 saturated carbocycles. The molecule has 1 aromatic carbocycles. The summed E-state index contributed by atoms with van der Waals surface area (Å²) in [5.74, 6) is -0.298. The Kier molecular flexibility index (Phi) is 4.17. The van der Waals surface area contributed by atoms with Crippen molar-refractivity contribution in [2.75, 3.05) is 6.54 Å². The van der Waals surface area contributed by atoms with Crippen molar-refractivity contribution in [2.45, 2.75) is 32.7 Å². The number of carbonyl (C=O) groups excluding carboxylic acids is 1. The van der Waals surface area contributed by atoms with Gasteiger partial charge in [0.2, 0.25) is 0 Å². The molecule has 0 spiro atoms. The van der Waals surface area contributed by atoms with Crippen LogP contribution in [0.15, 0.2) is 24.3 Å². The maximum Gasteiger partial charge on any atom is 0.251 e. The van der Waals surface area contributed by atoms with Gasteiger partial charge in [0.25, 0.3) is 5.91 Å². The van der Waals surface area contributed by atoms with Crippen molar-refractivity contribution in [3.05, 3.63) is 47.0 Å². The Morgan fingerprint density at radius 3 is 2.70 bits per heavy atom. The van der Waals surface area contributed by atoms with E-state index in [1.165, 1.54) is 6.07 Å². The summed E-state index contributed by atoms with van der Waals surface area (Å²) in [6, 6.07) is 6.30. The van der Waals surface area contributed by atoms with Gasteiger partial charge in [-0.15, -0.1) is 0 Å². The van der Waals surface area contributed by atoms with Crippen molar-refractivity contribution in [2.24, 2.45) is 11.7 Å². The number of aryl methyl sites for hydroxylation is 2. The van der Waals surface area contributed by atoms with E-state index in [4.69, 9.17) is 5.73 Å². The van der Waals surface area contributed by atoms with E-state index in [1.807, 2.05) is 19.9 Å². The Bertz CT molecular complexity index is 736. The number of hydrogen-bond donors (Lipinski definition) is 2. The lowest BCUT2D eigenvalue weighted by Gasteiger charge is -2.16. The second-order valence-electron chi connectivity index (χ2n) is 6.16. The predicted molar refractivity (Wildman–Crippen MR) is 86.0 cm³/mol. The monoisotopic (exact) mass is 316 g/mol. The van der Waals surface area contributed by atoms with Gasteiger partial charge in [-0.1, -0.05) is 0 Å². The van der Waals surface area contributed by atoms with Crippen LogP contribution in [0.4, 0.5) is 4.39 Å². The van der Waals surface area contributed by atoms with Gasteiger partial charge in [-0.3, -0.25) is 4.79 Å². The maximum atomic E-state index is 14.4. The number of benzene rings is 1. The molecule has 0 saturated heterocycles. The molecule has 1 aliphatic carbocycles. The number of halogens is 1. The second kappa shape index (κ2) is 6.12. The Morgan fingerprint density at radius 2 is 2.17 bits per heavy atom. The van der Waals surface area contributed by atoms with E-state index in [1.54, 1.807) is 16.8 Å². The number of carbonyl (C=O) groups is 1. The molecule has 1 heterocycles. The summed E-state index contributed by atoms with van der Waals surface area (Å²) in [6.07, 6.45) is 2.18. The first-order valence-electron chi connectivity index (χ1n) is 7.83. The molecule has 122 valence electrons. The van der Waals surface area contributed by atoms with Crippen molar-refractivity contribution in [3.63, 3.8) is 0 Å². The largest absolute Gasteiger partial charge is 0.348 e. The molecule has 1 atom stereocenters. The first kappa shape index (κ1) is 15.7. The van der Waals surface area contributed by atoms with Crippen LogP contribution in [0.3, 0.4) is 0 Å². The summed E-state index contributed by atoms with van der Waals surface area (Å²) in [5.41, 5.74) is 7.99. The fourth-order valence-electron chi connectivity index (χ4n) is 2.81. The van der Waals surface area contributed by atoms with E-state index in [-0.39, 0.29) is 11.9 Å². The van der Waals surface area contributed by atoms with E-state index in [0.717, 1.165) is 24.2 Å². The number of amides is 1. The van der Waals surface area contributed by atoms with Gasteiger partial charge in [0.05, 0.1) is 5.69 Å². The highest BCUT2D eigenvalue weighted by Crippen LogP contribution is 2.32. The minimum absolute atomic E-state index is 0.0266. The van der Waals surface area contributed by atoms with E-state index >= 15 is 0 Å². The van der Waals surface area contributed by atoms with Gasteiger partial charge in [0, 0.05) is 23.8 Å². The predicted octanol–water partition coefficient (Wildman–Crippen LogP) is 2.10. The molecule has 0 radical (unpaired) electrons. The van der Waals surface area contributed by atoms with E-state index < -0.39 is 5.82 Å². The molecule has 3 N–H and O–H groups in total. The topological polar surface area (TPSA) is 72.9 Å². The molecule has 2 aromatic rings. The third-order valence-electron chi connectivity index (χ3n) is 4.21. The van der Waals surface area contributed by atoms with Crippen molar-refractivity contribution >= 4 is 5.91 Å². The van der Waals surface area contributed by atoms with Crippen molar-refractivity contribution < 1.29 is 9.18 Å². The van der Waals surface area contributed by atoms with Crippen LogP contribution in [0.25, 0.3) is 5.69 Å². The highest BCUT2D eigenvalue weighted by molar-refractivity contribution is 5.94. The van der Waals surface area contributed by atoms with Gasteiger partial charge in [-0.25, -0.2) is 9.07 Å². The normalized spacial score (nSPS) is 15.5. The Labute approximate surface area is 134 Å². The van der Waals surface area contributed by atoms with Crippen LogP contribution in [0, 0.1) is 25.6 Å². The number of nitrogens with two attached hydrogens (primary N) is 1. The van der Waals surface area contributed by atoms with Gasteiger partial charge in [-0.2, -0.15) is 5.10 Å². The zero-order chi connectivity index (χ0) is 16.6. The number of nitrogens with one attached hydrogen (secondary N) is 1. The van der Waals surface area contributed by atoms with Crippen molar-refractivity contribution in [1.82, 2.24) is 15.1 Å². The minimum Gasteiger partial charge on any atom is -0.348 e. The lowest BCUT2D eigenvalue weighted by atomic mass is 10.1. The van der Waals surface area contributed by atoms with Crippen LogP contribution in [-0.4, -0.2) is 28.3 Å². The van der Waals surface area contributed by atoms with E-state index in [9.17, 15) is 9.18 Å². The number of hydrogen-bond acceptors (Lipinski definition) is 3. The molecule has 1 fully saturated rings. The summed E-state index contributed by atoms with van der Waals surface area (Å²) >= 11 is 0. The Morgan fingerprint density at radius 1 is 1.43 bits per heavy atom. The second-order valence-corrected chi connectivity index (χ2v) is 6.16.